The number of rotatable bonds is 2. The first-order valence-corrected chi connectivity index (χ1v) is 8.35. The number of alkyl halides is 3. The summed E-state index contributed by atoms with van der Waals surface area (Å²) in [7, 11) is 0. The van der Waals surface area contributed by atoms with Gasteiger partial charge in [0.1, 0.15) is 0 Å². The predicted octanol–water partition coefficient (Wildman–Crippen LogP) is 4.42. The van der Waals surface area contributed by atoms with Crippen LogP contribution < -0.4 is 0 Å². The number of piperidine rings is 1. The number of likely N-dealkylation sites (tertiary alicyclic amines) is 1. The van der Waals surface area contributed by atoms with Crippen molar-refractivity contribution in [2.24, 2.45) is 5.92 Å². The Morgan fingerprint density at radius 1 is 1.20 bits per heavy atom. The topological polar surface area (TPSA) is 38.1 Å². The maximum Gasteiger partial charge on any atom is 0.434 e. The molecule has 2 aromatic rings. The number of hydrogen-bond donors (Lipinski definition) is 0. The molecular weight excluding hydrogens is 355 g/mol. The zero-order valence-electron chi connectivity index (χ0n) is 13.6. The zero-order valence-corrected chi connectivity index (χ0v) is 14.3. The van der Waals surface area contributed by atoms with E-state index in [1.165, 1.54) is 29.2 Å². The Labute approximate surface area is 148 Å². The van der Waals surface area contributed by atoms with E-state index in [9.17, 15) is 18.0 Å². The van der Waals surface area contributed by atoms with Gasteiger partial charge in [-0.05, 0) is 43.0 Å². The van der Waals surface area contributed by atoms with Gasteiger partial charge in [0.25, 0.3) is 5.91 Å². The van der Waals surface area contributed by atoms with Crippen LogP contribution in [0, 0.1) is 5.92 Å². The number of amides is 1. The molecule has 0 spiro atoms. The lowest BCUT2D eigenvalue weighted by atomic mass is 9.98. The molecule has 1 amide bonds. The van der Waals surface area contributed by atoms with Gasteiger partial charge >= 0.3 is 6.18 Å². The molecule has 0 unspecified atom stereocenters. The number of halogens is 4. The maximum absolute atomic E-state index is 13.6. The van der Waals surface area contributed by atoms with Crippen molar-refractivity contribution in [3.05, 3.63) is 46.7 Å². The maximum atomic E-state index is 13.6. The molecule has 0 radical (unpaired) electrons. The summed E-state index contributed by atoms with van der Waals surface area (Å²) in [4.78, 5) is 14.1. The van der Waals surface area contributed by atoms with Crippen molar-refractivity contribution in [2.75, 3.05) is 13.1 Å². The summed E-state index contributed by atoms with van der Waals surface area (Å²) in [5.74, 6) is -0.151. The highest BCUT2D eigenvalue weighted by Crippen LogP contribution is 2.34. The van der Waals surface area contributed by atoms with Gasteiger partial charge in [-0.2, -0.15) is 18.3 Å². The van der Waals surface area contributed by atoms with E-state index >= 15 is 0 Å². The standard InChI is InChI=1S/C17H17ClF3N3O/c1-11-6-8-23(9-7-11)16(25)14-10-22-24(15(14)17(19,20)21)13-4-2-12(18)3-5-13/h2-5,10-11H,6-9H2,1H3. The summed E-state index contributed by atoms with van der Waals surface area (Å²) in [5, 5.41) is 4.23. The third-order valence-corrected chi connectivity index (χ3v) is 4.66. The van der Waals surface area contributed by atoms with E-state index < -0.39 is 23.3 Å². The highest BCUT2D eigenvalue weighted by Gasteiger charge is 2.41. The van der Waals surface area contributed by atoms with Crippen LogP contribution in [0.5, 0.6) is 0 Å². The van der Waals surface area contributed by atoms with Gasteiger partial charge in [0.2, 0.25) is 0 Å². The lowest BCUT2D eigenvalue weighted by Crippen LogP contribution is -2.38. The summed E-state index contributed by atoms with van der Waals surface area (Å²) >= 11 is 5.79. The molecule has 1 aromatic carbocycles. The molecular formula is C17H17ClF3N3O. The quantitative estimate of drug-likeness (QED) is 0.784. The van der Waals surface area contributed by atoms with Gasteiger partial charge in [-0.25, -0.2) is 4.68 Å². The predicted molar refractivity (Wildman–Crippen MR) is 87.9 cm³/mol. The second kappa shape index (κ2) is 6.71. The minimum absolute atomic E-state index is 0.197. The minimum atomic E-state index is -4.70. The molecule has 0 aliphatic carbocycles. The Bertz CT molecular complexity index is 762. The summed E-state index contributed by atoms with van der Waals surface area (Å²) in [5.41, 5.74) is -1.28. The van der Waals surface area contributed by atoms with E-state index in [2.05, 4.69) is 12.0 Å². The first kappa shape index (κ1) is 17.8. The third-order valence-electron chi connectivity index (χ3n) is 4.41. The van der Waals surface area contributed by atoms with E-state index in [1.54, 1.807) is 0 Å². The molecule has 1 saturated heterocycles. The largest absolute Gasteiger partial charge is 0.434 e. The molecule has 134 valence electrons. The summed E-state index contributed by atoms with van der Waals surface area (Å²) in [6.07, 6.45) is -2.13. The second-order valence-electron chi connectivity index (χ2n) is 6.27. The molecule has 1 fully saturated rings. The molecule has 2 heterocycles. The van der Waals surface area contributed by atoms with Crippen LogP contribution in [-0.2, 0) is 6.18 Å². The third kappa shape index (κ3) is 3.66. The first-order chi connectivity index (χ1) is 11.8. The SMILES string of the molecule is CC1CCN(C(=O)c2cnn(-c3ccc(Cl)cc3)c2C(F)(F)F)CC1. The normalized spacial score (nSPS) is 16.3. The van der Waals surface area contributed by atoms with Crippen molar-refractivity contribution >= 4 is 17.5 Å². The molecule has 0 atom stereocenters. The van der Waals surface area contributed by atoms with Crippen molar-refractivity contribution in [1.82, 2.24) is 14.7 Å². The highest BCUT2D eigenvalue weighted by molar-refractivity contribution is 6.30. The second-order valence-corrected chi connectivity index (χ2v) is 6.70. The molecule has 1 aromatic heterocycles. The number of aromatic nitrogens is 2. The van der Waals surface area contributed by atoms with Crippen LogP contribution in [0.2, 0.25) is 5.02 Å². The van der Waals surface area contributed by atoms with Crippen LogP contribution in [0.4, 0.5) is 13.2 Å². The number of nitrogens with zero attached hydrogens (tertiary/aromatic N) is 3. The van der Waals surface area contributed by atoms with Crippen LogP contribution in [0.25, 0.3) is 5.69 Å². The summed E-state index contributed by atoms with van der Waals surface area (Å²) < 4.78 is 41.7. The molecule has 1 aliphatic heterocycles. The average Bonchev–Trinajstić information content (AvgIpc) is 3.01. The summed E-state index contributed by atoms with van der Waals surface area (Å²) in [6, 6.07) is 5.82. The Kier molecular flexibility index (Phi) is 4.77. The first-order valence-electron chi connectivity index (χ1n) is 7.98. The molecule has 0 saturated carbocycles. The van der Waals surface area contributed by atoms with E-state index in [0.29, 0.717) is 24.0 Å². The van der Waals surface area contributed by atoms with Crippen LogP contribution in [0.3, 0.4) is 0 Å². The van der Waals surface area contributed by atoms with E-state index in [0.717, 1.165) is 23.7 Å². The molecule has 4 nitrogen and oxygen atoms in total. The van der Waals surface area contributed by atoms with Crippen LogP contribution in [0.1, 0.15) is 35.8 Å². The average molecular weight is 372 g/mol. The molecule has 25 heavy (non-hydrogen) atoms. The fourth-order valence-electron chi connectivity index (χ4n) is 2.94. The lowest BCUT2D eigenvalue weighted by Gasteiger charge is -2.30. The number of hydrogen-bond acceptors (Lipinski definition) is 2. The number of carbonyl (C=O) groups excluding carboxylic acids is 1. The van der Waals surface area contributed by atoms with Crippen molar-refractivity contribution in [3.63, 3.8) is 0 Å². The number of carbonyl (C=O) groups is 1. The van der Waals surface area contributed by atoms with Crippen molar-refractivity contribution in [3.8, 4) is 5.69 Å². The monoisotopic (exact) mass is 371 g/mol. The van der Waals surface area contributed by atoms with Crippen LogP contribution >= 0.6 is 11.6 Å². The van der Waals surface area contributed by atoms with Crippen molar-refractivity contribution < 1.29 is 18.0 Å². The molecule has 1 aliphatic rings. The Morgan fingerprint density at radius 2 is 1.80 bits per heavy atom. The summed E-state index contributed by atoms with van der Waals surface area (Å²) in [6.45, 7) is 2.99. The van der Waals surface area contributed by atoms with Crippen LogP contribution in [-0.4, -0.2) is 33.7 Å². The van der Waals surface area contributed by atoms with Gasteiger partial charge in [-0.1, -0.05) is 18.5 Å². The Balaban J connectivity index is 2.00. The van der Waals surface area contributed by atoms with Gasteiger partial charge in [-0.3, -0.25) is 4.79 Å². The van der Waals surface area contributed by atoms with Gasteiger partial charge in [-0.15, -0.1) is 0 Å². The number of benzene rings is 1. The molecule has 0 bridgehead atoms. The Hall–Kier alpha value is -2.02. The fraction of sp³-hybridized carbons (Fsp3) is 0.412. The van der Waals surface area contributed by atoms with Crippen molar-refractivity contribution in [2.45, 2.75) is 25.9 Å². The van der Waals surface area contributed by atoms with Gasteiger partial charge < -0.3 is 4.90 Å². The highest BCUT2D eigenvalue weighted by atomic mass is 35.5. The van der Waals surface area contributed by atoms with Crippen molar-refractivity contribution in [1.29, 1.82) is 0 Å². The lowest BCUT2D eigenvalue weighted by molar-refractivity contribution is -0.143. The Morgan fingerprint density at radius 3 is 2.36 bits per heavy atom. The fourth-order valence-corrected chi connectivity index (χ4v) is 3.06. The molecule has 0 N–H and O–H groups in total. The molecule has 8 heteroatoms. The van der Waals surface area contributed by atoms with Gasteiger partial charge in [0, 0.05) is 18.1 Å². The van der Waals surface area contributed by atoms with E-state index in [4.69, 9.17) is 11.6 Å². The van der Waals surface area contributed by atoms with Gasteiger partial charge in [0.05, 0.1) is 17.4 Å². The van der Waals surface area contributed by atoms with E-state index in [1.807, 2.05) is 0 Å². The zero-order chi connectivity index (χ0) is 18.2. The minimum Gasteiger partial charge on any atom is -0.339 e. The molecule has 3 rings (SSSR count). The van der Waals surface area contributed by atoms with Crippen LogP contribution in [0.15, 0.2) is 30.5 Å². The van der Waals surface area contributed by atoms with E-state index in [-0.39, 0.29) is 5.69 Å². The van der Waals surface area contributed by atoms with Gasteiger partial charge in [0.15, 0.2) is 5.69 Å². The smallest absolute Gasteiger partial charge is 0.339 e.